The summed E-state index contributed by atoms with van der Waals surface area (Å²) in [4.78, 5) is 16.7. The van der Waals surface area contributed by atoms with Crippen molar-refractivity contribution in [2.75, 3.05) is 17.7 Å². The molecule has 0 unspecified atom stereocenters. The monoisotopic (exact) mass is 530 g/mol. The van der Waals surface area contributed by atoms with E-state index in [1.165, 1.54) is 0 Å². The molecule has 5 rings (SSSR count). The van der Waals surface area contributed by atoms with Gasteiger partial charge in [0, 0.05) is 29.8 Å². The summed E-state index contributed by atoms with van der Waals surface area (Å²) in [6.07, 6.45) is 1.65. The molecule has 0 saturated carbocycles. The number of hydrogen-bond donors (Lipinski definition) is 2. The highest BCUT2D eigenvalue weighted by Gasteiger charge is 2.14. The number of nitrogens with zero attached hydrogens (tertiary/aromatic N) is 2. The zero-order chi connectivity index (χ0) is 26.5. The maximum absolute atomic E-state index is 12.3. The lowest BCUT2D eigenvalue weighted by Gasteiger charge is -2.14. The van der Waals surface area contributed by atoms with E-state index in [0.717, 1.165) is 10.9 Å². The van der Waals surface area contributed by atoms with Gasteiger partial charge in [-0.15, -0.1) is 0 Å². The molecule has 0 fully saturated rings. The van der Waals surface area contributed by atoms with E-state index >= 15 is 0 Å². The number of anilines is 2. The van der Waals surface area contributed by atoms with Crippen LogP contribution in [0.15, 0.2) is 83.5 Å². The lowest BCUT2D eigenvalue weighted by Crippen LogP contribution is -2.19. The van der Waals surface area contributed by atoms with E-state index in [4.69, 9.17) is 30.3 Å². The maximum atomic E-state index is 12.3. The van der Waals surface area contributed by atoms with E-state index in [1.54, 1.807) is 50.6 Å². The van der Waals surface area contributed by atoms with E-state index in [1.807, 2.05) is 42.5 Å². The van der Waals surface area contributed by atoms with Crippen LogP contribution >= 0.6 is 11.6 Å². The highest BCUT2D eigenvalue weighted by molar-refractivity contribution is 6.34. The molecule has 2 heterocycles. The van der Waals surface area contributed by atoms with Gasteiger partial charge in [0.25, 0.3) is 0 Å². The largest absolute Gasteiger partial charge is 0.493 e. The molecule has 0 aliphatic carbocycles. The Kier molecular flexibility index (Phi) is 7.28. The number of methoxy groups -OCH3 is 1. The molecule has 2 aromatic heterocycles. The predicted octanol–water partition coefficient (Wildman–Crippen LogP) is 7.21. The molecule has 192 valence electrons. The number of rotatable bonds is 8. The normalized spacial score (nSPS) is 10.7. The van der Waals surface area contributed by atoms with Gasteiger partial charge in [0.05, 0.1) is 23.3 Å². The number of amides is 2. The van der Waals surface area contributed by atoms with Gasteiger partial charge in [-0.1, -0.05) is 47.1 Å². The molecule has 38 heavy (non-hydrogen) atoms. The zero-order valence-electron chi connectivity index (χ0n) is 20.5. The standard InChI is InChI=1S/C28H23ClN4O5/c1-17-12-27(33-38-17)32-28(34)31-22-9-8-19(13-21(22)29)37-24-10-11-30-23-15-26(25(35-2)14-20(23)24)36-16-18-6-4-3-5-7-18/h3-15H,16H2,1-2H3,(H2,31,32,33,34). The number of pyridine rings is 1. The molecule has 0 saturated heterocycles. The van der Waals surface area contributed by atoms with Crippen LogP contribution in [-0.2, 0) is 6.61 Å². The Bertz CT molecular complexity index is 1590. The first-order chi connectivity index (χ1) is 18.5. The van der Waals surface area contributed by atoms with Crippen LogP contribution in [0.1, 0.15) is 11.3 Å². The Balaban J connectivity index is 1.32. The number of nitrogens with one attached hydrogen (secondary N) is 2. The molecule has 0 aliphatic rings. The van der Waals surface area contributed by atoms with E-state index in [-0.39, 0.29) is 0 Å². The summed E-state index contributed by atoms with van der Waals surface area (Å²) in [6, 6.07) is 21.3. The summed E-state index contributed by atoms with van der Waals surface area (Å²) >= 11 is 6.41. The Morgan fingerprint density at radius 1 is 0.974 bits per heavy atom. The molecule has 2 N–H and O–H groups in total. The fourth-order valence-electron chi connectivity index (χ4n) is 3.71. The van der Waals surface area contributed by atoms with Crippen LogP contribution in [0, 0.1) is 6.92 Å². The van der Waals surface area contributed by atoms with Crippen LogP contribution in [0.25, 0.3) is 10.9 Å². The molecule has 10 heteroatoms. The third kappa shape index (κ3) is 5.79. The van der Waals surface area contributed by atoms with Crippen LogP contribution in [-0.4, -0.2) is 23.3 Å². The van der Waals surface area contributed by atoms with Crippen LogP contribution in [0.4, 0.5) is 16.3 Å². The molecular formula is C28H23ClN4O5. The van der Waals surface area contributed by atoms with E-state index in [2.05, 4.69) is 20.8 Å². The number of aryl methyl sites for hydroxylation is 1. The van der Waals surface area contributed by atoms with Gasteiger partial charge in [-0.3, -0.25) is 10.3 Å². The van der Waals surface area contributed by atoms with Crippen LogP contribution in [0.3, 0.4) is 0 Å². The summed E-state index contributed by atoms with van der Waals surface area (Å²) in [6.45, 7) is 2.13. The second kappa shape index (κ2) is 11.1. The predicted molar refractivity (Wildman–Crippen MR) is 144 cm³/mol. The topological polar surface area (TPSA) is 108 Å². The maximum Gasteiger partial charge on any atom is 0.324 e. The number of fused-ring (bicyclic) bond motifs is 1. The number of aromatic nitrogens is 2. The van der Waals surface area contributed by atoms with Crippen molar-refractivity contribution < 1.29 is 23.5 Å². The minimum atomic E-state index is -0.508. The van der Waals surface area contributed by atoms with Gasteiger partial charge in [0.1, 0.15) is 23.9 Å². The van der Waals surface area contributed by atoms with Gasteiger partial charge < -0.3 is 24.1 Å². The number of hydrogen-bond acceptors (Lipinski definition) is 7. The Morgan fingerprint density at radius 3 is 2.55 bits per heavy atom. The van der Waals surface area contributed by atoms with Crippen LogP contribution in [0.5, 0.6) is 23.0 Å². The summed E-state index contributed by atoms with van der Waals surface area (Å²) in [7, 11) is 1.58. The summed E-state index contributed by atoms with van der Waals surface area (Å²) in [5.74, 6) is 3.03. The fourth-order valence-corrected chi connectivity index (χ4v) is 3.93. The highest BCUT2D eigenvalue weighted by atomic mass is 35.5. The Hall–Kier alpha value is -4.76. The van der Waals surface area contributed by atoms with Crippen molar-refractivity contribution in [1.29, 1.82) is 0 Å². The second-order valence-electron chi connectivity index (χ2n) is 8.25. The van der Waals surface area contributed by atoms with Gasteiger partial charge in [-0.05, 0) is 36.8 Å². The van der Waals surface area contributed by atoms with Crippen molar-refractivity contribution in [1.82, 2.24) is 10.1 Å². The Morgan fingerprint density at radius 2 is 1.82 bits per heavy atom. The quantitative estimate of drug-likeness (QED) is 0.218. The molecule has 5 aromatic rings. The van der Waals surface area contributed by atoms with Crippen molar-refractivity contribution >= 4 is 40.0 Å². The van der Waals surface area contributed by atoms with E-state index in [9.17, 15) is 4.79 Å². The van der Waals surface area contributed by atoms with E-state index in [0.29, 0.717) is 57.4 Å². The minimum absolute atomic E-state index is 0.293. The fraction of sp³-hybridized carbons (Fsp3) is 0.107. The number of benzene rings is 3. The van der Waals surface area contributed by atoms with Crippen molar-refractivity contribution in [2.45, 2.75) is 13.5 Å². The molecule has 9 nitrogen and oxygen atoms in total. The number of carbonyl (C=O) groups excluding carboxylic acids is 1. The van der Waals surface area contributed by atoms with Gasteiger partial charge in [-0.25, -0.2) is 4.79 Å². The third-order valence-corrected chi connectivity index (χ3v) is 5.82. The lowest BCUT2D eigenvalue weighted by atomic mass is 10.1. The van der Waals surface area contributed by atoms with Crippen LogP contribution < -0.4 is 24.8 Å². The number of ether oxygens (including phenoxy) is 3. The van der Waals surface area contributed by atoms with E-state index < -0.39 is 6.03 Å². The summed E-state index contributed by atoms with van der Waals surface area (Å²) in [5, 5.41) is 10.00. The molecule has 0 spiro atoms. The third-order valence-electron chi connectivity index (χ3n) is 5.51. The Labute approximate surface area is 223 Å². The average molecular weight is 531 g/mol. The molecule has 3 aromatic carbocycles. The van der Waals surface area contributed by atoms with Gasteiger partial charge in [0.2, 0.25) is 0 Å². The van der Waals surface area contributed by atoms with Gasteiger partial charge >= 0.3 is 6.03 Å². The average Bonchev–Trinajstić information content (AvgIpc) is 3.33. The van der Waals surface area contributed by atoms with Crippen molar-refractivity contribution in [3.8, 4) is 23.0 Å². The van der Waals surface area contributed by atoms with Crippen molar-refractivity contribution in [2.24, 2.45) is 0 Å². The number of urea groups is 1. The van der Waals surface area contributed by atoms with Gasteiger partial charge in [-0.2, -0.15) is 0 Å². The smallest absolute Gasteiger partial charge is 0.324 e. The molecule has 0 radical (unpaired) electrons. The first kappa shape index (κ1) is 24.9. The van der Waals surface area contributed by atoms with Gasteiger partial charge in [0.15, 0.2) is 17.3 Å². The molecule has 0 atom stereocenters. The zero-order valence-corrected chi connectivity index (χ0v) is 21.3. The second-order valence-corrected chi connectivity index (χ2v) is 8.66. The van der Waals surface area contributed by atoms with Crippen molar-refractivity contribution in [3.63, 3.8) is 0 Å². The summed E-state index contributed by atoms with van der Waals surface area (Å²) in [5.41, 5.74) is 2.12. The number of carbonyl (C=O) groups is 1. The van der Waals surface area contributed by atoms with Crippen molar-refractivity contribution in [3.05, 3.63) is 95.3 Å². The number of halogens is 1. The molecule has 2 amide bonds. The van der Waals surface area contributed by atoms with Crippen LogP contribution in [0.2, 0.25) is 5.02 Å². The summed E-state index contributed by atoms with van der Waals surface area (Å²) < 4.78 is 22.7. The molecule has 0 aliphatic heterocycles. The first-order valence-corrected chi connectivity index (χ1v) is 12.0. The highest BCUT2D eigenvalue weighted by Crippen LogP contribution is 2.38. The molecular weight excluding hydrogens is 508 g/mol. The first-order valence-electron chi connectivity index (χ1n) is 11.6. The lowest BCUT2D eigenvalue weighted by molar-refractivity contribution is 0.262. The minimum Gasteiger partial charge on any atom is -0.493 e. The molecule has 0 bridgehead atoms. The SMILES string of the molecule is COc1cc2c(Oc3ccc(NC(=O)Nc4cc(C)on4)c(Cl)c3)ccnc2cc1OCc1ccccc1.